The Morgan fingerprint density at radius 2 is 2.05 bits per heavy atom. The molecule has 21 heavy (non-hydrogen) atoms. The summed E-state index contributed by atoms with van der Waals surface area (Å²) in [4.78, 5) is 1.31. The summed E-state index contributed by atoms with van der Waals surface area (Å²) in [5, 5.41) is 4.43. The van der Waals surface area contributed by atoms with Crippen LogP contribution in [0.25, 0.3) is 0 Å². The van der Waals surface area contributed by atoms with Crippen molar-refractivity contribution in [2.45, 2.75) is 43.0 Å². The molecule has 3 rings (SSSR count). The maximum Gasteiger partial charge on any atom is 0.0449 e. The van der Waals surface area contributed by atoms with E-state index < -0.39 is 0 Å². The van der Waals surface area contributed by atoms with E-state index >= 15 is 0 Å². The molecular weight excluding hydrogens is 298 g/mol. The second kappa shape index (κ2) is 6.87. The molecular formula is C18H20ClNS. The second-order valence-electron chi connectivity index (χ2n) is 5.69. The van der Waals surface area contributed by atoms with E-state index in [9.17, 15) is 0 Å². The minimum Gasteiger partial charge on any atom is -0.310 e. The van der Waals surface area contributed by atoms with Gasteiger partial charge in [-0.3, -0.25) is 0 Å². The molecule has 0 bridgehead atoms. The SMILES string of the molecule is Cc1ccc(CSc2cccc(CNC3CC3)c2)c(Cl)c1. The van der Waals surface area contributed by atoms with Crippen LogP contribution in [-0.2, 0) is 12.3 Å². The summed E-state index contributed by atoms with van der Waals surface area (Å²) in [7, 11) is 0. The molecule has 0 spiro atoms. The highest BCUT2D eigenvalue weighted by molar-refractivity contribution is 7.98. The Morgan fingerprint density at radius 1 is 1.19 bits per heavy atom. The third kappa shape index (κ3) is 4.50. The molecule has 1 N–H and O–H groups in total. The first-order valence-corrected chi connectivity index (χ1v) is 8.77. The van der Waals surface area contributed by atoms with Crippen molar-refractivity contribution >= 4 is 23.4 Å². The van der Waals surface area contributed by atoms with E-state index in [4.69, 9.17) is 11.6 Å². The lowest BCUT2D eigenvalue weighted by Gasteiger charge is -2.08. The van der Waals surface area contributed by atoms with E-state index in [1.165, 1.54) is 34.4 Å². The Morgan fingerprint density at radius 3 is 2.81 bits per heavy atom. The zero-order valence-electron chi connectivity index (χ0n) is 12.2. The van der Waals surface area contributed by atoms with Crippen LogP contribution in [0.3, 0.4) is 0 Å². The summed E-state index contributed by atoms with van der Waals surface area (Å²) in [5.74, 6) is 0.915. The molecule has 0 atom stereocenters. The molecule has 0 heterocycles. The number of halogens is 1. The van der Waals surface area contributed by atoms with Crippen molar-refractivity contribution < 1.29 is 0 Å². The van der Waals surface area contributed by atoms with E-state index in [0.29, 0.717) is 0 Å². The predicted octanol–water partition coefficient (Wildman–Crippen LogP) is 5.19. The quantitative estimate of drug-likeness (QED) is 0.736. The van der Waals surface area contributed by atoms with Gasteiger partial charge >= 0.3 is 0 Å². The zero-order valence-corrected chi connectivity index (χ0v) is 13.8. The summed E-state index contributed by atoms with van der Waals surface area (Å²) in [6, 6.07) is 15.8. The van der Waals surface area contributed by atoms with Crippen LogP contribution in [0.15, 0.2) is 47.4 Å². The molecule has 1 aliphatic carbocycles. The first kappa shape index (κ1) is 15.0. The smallest absolute Gasteiger partial charge is 0.0449 e. The van der Waals surface area contributed by atoms with E-state index in [2.05, 4.69) is 48.6 Å². The second-order valence-corrected chi connectivity index (χ2v) is 7.14. The van der Waals surface area contributed by atoms with Gasteiger partial charge in [0, 0.05) is 28.3 Å². The number of benzene rings is 2. The Balaban J connectivity index is 1.60. The van der Waals surface area contributed by atoms with Crippen molar-refractivity contribution in [3.8, 4) is 0 Å². The van der Waals surface area contributed by atoms with Gasteiger partial charge in [0.25, 0.3) is 0 Å². The van der Waals surface area contributed by atoms with Crippen molar-refractivity contribution in [2.24, 2.45) is 0 Å². The number of rotatable bonds is 6. The number of thioether (sulfide) groups is 1. The Hall–Kier alpha value is -0.960. The highest BCUT2D eigenvalue weighted by Gasteiger charge is 2.19. The third-order valence-corrected chi connectivity index (χ3v) is 5.07. The monoisotopic (exact) mass is 317 g/mol. The lowest BCUT2D eigenvalue weighted by atomic mass is 10.2. The lowest BCUT2D eigenvalue weighted by Crippen LogP contribution is -2.15. The van der Waals surface area contributed by atoms with Crippen molar-refractivity contribution in [3.05, 3.63) is 64.2 Å². The molecule has 3 heteroatoms. The van der Waals surface area contributed by atoms with Crippen molar-refractivity contribution in [3.63, 3.8) is 0 Å². The fourth-order valence-corrected chi connectivity index (χ4v) is 3.59. The number of hydrogen-bond acceptors (Lipinski definition) is 2. The van der Waals surface area contributed by atoms with Crippen LogP contribution in [0.2, 0.25) is 5.02 Å². The fraction of sp³-hybridized carbons (Fsp3) is 0.333. The highest BCUT2D eigenvalue weighted by atomic mass is 35.5. The van der Waals surface area contributed by atoms with Crippen molar-refractivity contribution in [1.29, 1.82) is 0 Å². The van der Waals surface area contributed by atoms with Crippen LogP contribution in [0.5, 0.6) is 0 Å². The van der Waals surface area contributed by atoms with E-state index in [0.717, 1.165) is 23.4 Å². The molecule has 1 nitrogen and oxygen atoms in total. The van der Waals surface area contributed by atoms with E-state index in [-0.39, 0.29) is 0 Å². The first-order valence-electron chi connectivity index (χ1n) is 7.41. The van der Waals surface area contributed by atoms with Crippen LogP contribution in [0.1, 0.15) is 29.5 Å². The molecule has 0 unspecified atom stereocenters. The molecule has 2 aromatic rings. The Labute approximate surface area is 136 Å². The van der Waals surface area contributed by atoms with Crippen LogP contribution in [-0.4, -0.2) is 6.04 Å². The zero-order chi connectivity index (χ0) is 14.7. The van der Waals surface area contributed by atoms with Crippen LogP contribution in [0, 0.1) is 6.92 Å². The van der Waals surface area contributed by atoms with E-state index in [1.54, 1.807) is 0 Å². The van der Waals surface area contributed by atoms with Gasteiger partial charge in [0.2, 0.25) is 0 Å². The fourth-order valence-electron chi connectivity index (χ4n) is 2.23. The number of nitrogens with one attached hydrogen (secondary N) is 1. The van der Waals surface area contributed by atoms with E-state index in [1.807, 2.05) is 17.8 Å². The summed E-state index contributed by atoms with van der Waals surface area (Å²) < 4.78 is 0. The molecule has 1 fully saturated rings. The van der Waals surface area contributed by atoms with Crippen LogP contribution >= 0.6 is 23.4 Å². The van der Waals surface area contributed by atoms with Crippen molar-refractivity contribution in [1.82, 2.24) is 5.32 Å². The molecule has 2 aromatic carbocycles. The maximum atomic E-state index is 6.30. The summed E-state index contributed by atoms with van der Waals surface area (Å²) >= 11 is 8.14. The van der Waals surface area contributed by atoms with Gasteiger partial charge in [-0.05, 0) is 54.7 Å². The van der Waals surface area contributed by atoms with Crippen molar-refractivity contribution in [2.75, 3.05) is 0 Å². The van der Waals surface area contributed by atoms with Gasteiger partial charge in [-0.15, -0.1) is 11.8 Å². The molecule has 0 aromatic heterocycles. The molecule has 1 saturated carbocycles. The third-order valence-electron chi connectivity index (χ3n) is 3.67. The van der Waals surface area contributed by atoms with Crippen LogP contribution in [0.4, 0.5) is 0 Å². The largest absolute Gasteiger partial charge is 0.310 e. The first-order chi connectivity index (χ1) is 10.2. The number of aryl methyl sites for hydroxylation is 1. The lowest BCUT2D eigenvalue weighted by molar-refractivity contribution is 0.687. The van der Waals surface area contributed by atoms with Gasteiger partial charge in [0.1, 0.15) is 0 Å². The molecule has 0 saturated heterocycles. The van der Waals surface area contributed by atoms with Crippen LogP contribution < -0.4 is 5.32 Å². The van der Waals surface area contributed by atoms with Gasteiger partial charge in [-0.1, -0.05) is 35.9 Å². The van der Waals surface area contributed by atoms with Gasteiger partial charge in [0.05, 0.1) is 0 Å². The minimum absolute atomic E-state index is 0.757. The topological polar surface area (TPSA) is 12.0 Å². The molecule has 1 aliphatic rings. The van der Waals surface area contributed by atoms with Gasteiger partial charge in [0.15, 0.2) is 0 Å². The predicted molar refractivity (Wildman–Crippen MR) is 92.1 cm³/mol. The average Bonchev–Trinajstić information content (AvgIpc) is 3.29. The normalized spacial score (nSPS) is 14.4. The molecule has 0 aliphatic heterocycles. The number of hydrogen-bond donors (Lipinski definition) is 1. The highest BCUT2D eigenvalue weighted by Crippen LogP contribution is 2.28. The maximum absolute atomic E-state index is 6.30. The van der Waals surface area contributed by atoms with Gasteiger partial charge < -0.3 is 5.32 Å². The standard InChI is InChI=1S/C18H20ClNS/c1-13-5-6-15(18(19)9-13)12-21-17-4-2-3-14(10-17)11-20-16-7-8-16/h2-6,9-10,16,20H,7-8,11-12H2,1H3. The van der Waals surface area contributed by atoms with Gasteiger partial charge in [-0.2, -0.15) is 0 Å². The summed E-state index contributed by atoms with van der Waals surface area (Å²) in [6.07, 6.45) is 2.67. The summed E-state index contributed by atoms with van der Waals surface area (Å²) in [6.45, 7) is 3.05. The van der Waals surface area contributed by atoms with Gasteiger partial charge in [-0.25, -0.2) is 0 Å². The summed E-state index contributed by atoms with van der Waals surface area (Å²) in [5.41, 5.74) is 3.78. The molecule has 110 valence electrons. The molecule has 0 radical (unpaired) electrons. The average molecular weight is 318 g/mol. The molecule has 0 amide bonds. The minimum atomic E-state index is 0.757. The Kier molecular flexibility index (Phi) is 4.89. The Bertz CT molecular complexity index is 622.